The van der Waals surface area contributed by atoms with E-state index in [1.165, 1.54) is 19.2 Å². The third-order valence-corrected chi connectivity index (χ3v) is 3.06. The van der Waals surface area contributed by atoms with Crippen LogP contribution in [0.4, 0.5) is 11.5 Å². The van der Waals surface area contributed by atoms with Crippen molar-refractivity contribution >= 4 is 29.1 Å². The van der Waals surface area contributed by atoms with Gasteiger partial charge in [0.2, 0.25) is 0 Å². The van der Waals surface area contributed by atoms with Crippen molar-refractivity contribution in [3.05, 3.63) is 40.3 Å². The van der Waals surface area contributed by atoms with E-state index in [0.29, 0.717) is 17.3 Å². The molecule has 0 aliphatic heterocycles. The molecular weight excluding hydrogens is 294 g/mol. The van der Waals surface area contributed by atoms with Gasteiger partial charge in [-0.1, -0.05) is 11.6 Å². The van der Waals surface area contributed by atoms with E-state index in [-0.39, 0.29) is 16.3 Å². The van der Waals surface area contributed by atoms with Gasteiger partial charge in [-0.3, -0.25) is 0 Å². The Hall–Kier alpha value is -2.34. The number of aromatic carboxylic acids is 1. The minimum Gasteiger partial charge on any atom is -0.496 e. The molecule has 0 saturated carbocycles. The first-order valence-corrected chi connectivity index (χ1v) is 6.48. The zero-order chi connectivity index (χ0) is 15.6. The molecule has 2 N–H and O–H groups in total. The molecule has 0 radical (unpaired) electrons. The number of hydrogen-bond acceptors (Lipinski definition) is 5. The van der Waals surface area contributed by atoms with E-state index in [2.05, 4.69) is 15.3 Å². The SMILES string of the molecule is COc1cc(Nc2cc(C)nc(C)n2)c(Cl)cc1C(=O)O. The van der Waals surface area contributed by atoms with Crippen LogP contribution in [0.15, 0.2) is 18.2 Å². The van der Waals surface area contributed by atoms with Crippen molar-refractivity contribution in [1.29, 1.82) is 0 Å². The molecule has 1 aromatic carbocycles. The van der Waals surface area contributed by atoms with Gasteiger partial charge in [-0.05, 0) is 19.9 Å². The molecule has 0 amide bonds. The molecule has 0 fully saturated rings. The van der Waals surface area contributed by atoms with E-state index in [1.807, 2.05) is 6.92 Å². The topological polar surface area (TPSA) is 84.3 Å². The molecule has 0 aliphatic rings. The molecular formula is C14H14ClN3O3. The number of carboxylic acid groups (broad SMARTS) is 1. The molecule has 21 heavy (non-hydrogen) atoms. The van der Waals surface area contributed by atoms with Gasteiger partial charge in [0.1, 0.15) is 23.0 Å². The van der Waals surface area contributed by atoms with E-state index < -0.39 is 5.97 Å². The number of hydrogen-bond donors (Lipinski definition) is 2. The molecule has 2 aromatic rings. The van der Waals surface area contributed by atoms with Crippen molar-refractivity contribution in [2.45, 2.75) is 13.8 Å². The fourth-order valence-electron chi connectivity index (χ4n) is 1.90. The number of benzene rings is 1. The lowest BCUT2D eigenvalue weighted by Gasteiger charge is -2.12. The van der Waals surface area contributed by atoms with Crippen LogP contribution < -0.4 is 10.1 Å². The molecule has 110 valence electrons. The second-order valence-electron chi connectivity index (χ2n) is 4.40. The van der Waals surface area contributed by atoms with Crippen molar-refractivity contribution < 1.29 is 14.6 Å². The Morgan fingerprint density at radius 1 is 1.29 bits per heavy atom. The summed E-state index contributed by atoms with van der Waals surface area (Å²) in [4.78, 5) is 19.5. The Labute approximate surface area is 126 Å². The minimum absolute atomic E-state index is 0.00287. The summed E-state index contributed by atoms with van der Waals surface area (Å²) >= 11 is 6.11. The molecule has 7 heteroatoms. The van der Waals surface area contributed by atoms with Crippen LogP contribution >= 0.6 is 11.6 Å². The molecule has 0 saturated heterocycles. The average Bonchev–Trinajstić information content (AvgIpc) is 2.39. The number of aryl methyl sites for hydroxylation is 2. The first-order valence-electron chi connectivity index (χ1n) is 6.11. The largest absolute Gasteiger partial charge is 0.496 e. The Kier molecular flexibility index (Phi) is 4.28. The van der Waals surface area contributed by atoms with E-state index in [9.17, 15) is 4.79 Å². The van der Waals surface area contributed by atoms with Crippen molar-refractivity contribution in [3.8, 4) is 5.75 Å². The minimum atomic E-state index is -1.10. The van der Waals surface area contributed by atoms with Gasteiger partial charge in [0.05, 0.1) is 17.8 Å². The van der Waals surface area contributed by atoms with Gasteiger partial charge in [-0.2, -0.15) is 0 Å². The highest BCUT2D eigenvalue weighted by molar-refractivity contribution is 6.33. The molecule has 0 aliphatic carbocycles. The lowest BCUT2D eigenvalue weighted by atomic mass is 10.1. The van der Waals surface area contributed by atoms with Crippen LogP contribution in [-0.4, -0.2) is 28.2 Å². The Bertz CT molecular complexity index is 684. The smallest absolute Gasteiger partial charge is 0.339 e. The van der Waals surface area contributed by atoms with Crippen LogP contribution in [0.5, 0.6) is 5.75 Å². The van der Waals surface area contributed by atoms with Gasteiger partial charge in [-0.25, -0.2) is 14.8 Å². The first kappa shape index (κ1) is 15.1. The Morgan fingerprint density at radius 3 is 2.57 bits per heavy atom. The van der Waals surface area contributed by atoms with E-state index in [1.54, 1.807) is 13.0 Å². The number of ether oxygens (including phenoxy) is 1. The molecule has 0 unspecified atom stereocenters. The zero-order valence-corrected chi connectivity index (χ0v) is 12.5. The summed E-state index contributed by atoms with van der Waals surface area (Å²) in [5.74, 6) is 0.320. The number of carbonyl (C=O) groups is 1. The van der Waals surface area contributed by atoms with Crippen molar-refractivity contribution in [2.75, 3.05) is 12.4 Å². The van der Waals surface area contributed by atoms with Crippen LogP contribution in [0.3, 0.4) is 0 Å². The van der Waals surface area contributed by atoms with Crippen LogP contribution in [0.2, 0.25) is 5.02 Å². The van der Waals surface area contributed by atoms with Gasteiger partial charge in [0.25, 0.3) is 0 Å². The predicted octanol–water partition coefficient (Wildman–Crippen LogP) is 3.20. The summed E-state index contributed by atoms with van der Waals surface area (Å²) < 4.78 is 5.08. The van der Waals surface area contributed by atoms with Crippen LogP contribution in [0.25, 0.3) is 0 Å². The maximum atomic E-state index is 11.1. The number of carboxylic acids is 1. The number of nitrogens with zero attached hydrogens (tertiary/aromatic N) is 2. The highest BCUT2D eigenvalue weighted by Crippen LogP contribution is 2.32. The van der Waals surface area contributed by atoms with Gasteiger partial charge in [0.15, 0.2) is 0 Å². The molecule has 0 atom stereocenters. The summed E-state index contributed by atoms with van der Waals surface area (Å²) in [5.41, 5.74) is 1.33. The molecule has 2 rings (SSSR count). The van der Waals surface area contributed by atoms with Crippen molar-refractivity contribution in [2.24, 2.45) is 0 Å². The quantitative estimate of drug-likeness (QED) is 0.902. The van der Waals surface area contributed by atoms with Crippen molar-refractivity contribution in [1.82, 2.24) is 9.97 Å². The van der Waals surface area contributed by atoms with Gasteiger partial charge in [0, 0.05) is 17.8 Å². The summed E-state index contributed by atoms with van der Waals surface area (Å²) in [5, 5.41) is 12.4. The highest BCUT2D eigenvalue weighted by Gasteiger charge is 2.15. The maximum Gasteiger partial charge on any atom is 0.339 e. The number of halogens is 1. The number of nitrogens with one attached hydrogen (secondary N) is 1. The normalized spacial score (nSPS) is 10.3. The van der Waals surface area contributed by atoms with Gasteiger partial charge in [-0.15, -0.1) is 0 Å². The lowest BCUT2D eigenvalue weighted by molar-refractivity contribution is 0.0693. The van der Waals surface area contributed by atoms with Crippen molar-refractivity contribution in [3.63, 3.8) is 0 Å². The highest BCUT2D eigenvalue weighted by atomic mass is 35.5. The molecule has 6 nitrogen and oxygen atoms in total. The Balaban J connectivity index is 2.42. The molecule has 1 aromatic heterocycles. The average molecular weight is 308 g/mol. The standard InChI is InChI=1S/C14H14ClN3O3/c1-7-4-13(17-8(2)16-7)18-11-6-12(21-3)9(14(19)20)5-10(11)15/h4-6H,1-3H3,(H,19,20)(H,16,17,18). The van der Waals surface area contributed by atoms with E-state index in [4.69, 9.17) is 21.4 Å². The summed E-state index contributed by atoms with van der Waals surface area (Å²) in [6.45, 7) is 3.64. The molecule has 1 heterocycles. The zero-order valence-electron chi connectivity index (χ0n) is 11.8. The fourth-order valence-corrected chi connectivity index (χ4v) is 2.12. The second-order valence-corrected chi connectivity index (χ2v) is 4.81. The third-order valence-electron chi connectivity index (χ3n) is 2.75. The number of anilines is 2. The summed E-state index contributed by atoms with van der Waals surface area (Å²) in [6.07, 6.45) is 0. The number of methoxy groups -OCH3 is 1. The summed E-state index contributed by atoms with van der Waals surface area (Å²) in [6, 6.07) is 4.63. The fraction of sp³-hybridized carbons (Fsp3) is 0.214. The third kappa shape index (κ3) is 3.41. The van der Waals surface area contributed by atoms with E-state index >= 15 is 0 Å². The van der Waals surface area contributed by atoms with Crippen LogP contribution in [0.1, 0.15) is 21.9 Å². The van der Waals surface area contributed by atoms with Crippen LogP contribution in [0, 0.1) is 13.8 Å². The number of rotatable bonds is 4. The van der Waals surface area contributed by atoms with Crippen LogP contribution in [-0.2, 0) is 0 Å². The first-order chi connectivity index (χ1) is 9.90. The molecule has 0 bridgehead atoms. The monoisotopic (exact) mass is 307 g/mol. The van der Waals surface area contributed by atoms with Gasteiger partial charge >= 0.3 is 5.97 Å². The number of aromatic nitrogens is 2. The predicted molar refractivity (Wildman–Crippen MR) is 79.8 cm³/mol. The summed E-state index contributed by atoms with van der Waals surface area (Å²) in [7, 11) is 1.40. The maximum absolute atomic E-state index is 11.1. The lowest BCUT2D eigenvalue weighted by Crippen LogP contribution is -2.03. The molecule has 0 spiro atoms. The second kappa shape index (κ2) is 5.97. The van der Waals surface area contributed by atoms with E-state index in [0.717, 1.165) is 5.69 Å². The van der Waals surface area contributed by atoms with Gasteiger partial charge < -0.3 is 15.2 Å². The Morgan fingerprint density at radius 2 is 2.00 bits per heavy atom.